The van der Waals surface area contributed by atoms with Gasteiger partial charge in [0.2, 0.25) is 0 Å². The number of hydrogen-bond acceptors (Lipinski definition) is 3. The van der Waals surface area contributed by atoms with E-state index in [1.54, 1.807) is 4.90 Å². The first-order valence-corrected chi connectivity index (χ1v) is 5.43. The van der Waals surface area contributed by atoms with Gasteiger partial charge < -0.3 is 15.4 Å². The summed E-state index contributed by atoms with van der Waals surface area (Å²) in [5.41, 5.74) is 5.61. The zero-order valence-electron chi connectivity index (χ0n) is 8.87. The van der Waals surface area contributed by atoms with E-state index in [9.17, 15) is 4.79 Å². The quantitative estimate of drug-likeness (QED) is 0.681. The van der Waals surface area contributed by atoms with E-state index in [0.29, 0.717) is 13.2 Å². The first-order valence-electron chi connectivity index (χ1n) is 5.43. The molecule has 0 aromatic carbocycles. The Kier molecular flexibility index (Phi) is 4.73. The summed E-state index contributed by atoms with van der Waals surface area (Å²) in [6, 6.07) is 0.188. The van der Waals surface area contributed by atoms with Gasteiger partial charge in [0.15, 0.2) is 0 Å². The zero-order valence-corrected chi connectivity index (χ0v) is 8.87. The Balaban J connectivity index is 2.38. The predicted molar refractivity (Wildman–Crippen MR) is 55.0 cm³/mol. The number of carbonyl (C=O) groups is 1. The van der Waals surface area contributed by atoms with Crippen molar-refractivity contribution in [2.24, 2.45) is 5.73 Å². The second-order valence-electron chi connectivity index (χ2n) is 3.69. The van der Waals surface area contributed by atoms with Crippen molar-refractivity contribution >= 4 is 6.09 Å². The van der Waals surface area contributed by atoms with Crippen LogP contribution in [0, 0.1) is 0 Å². The number of cyclic esters (lactones) is 1. The van der Waals surface area contributed by atoms with E-state index in [1.807, 2.05) is 0 Å². The van der Waals surface area contributed by atoms with Crippen molar-refractivity contribution in [3.63, 3.8) is 0 Å². The van der Waals surface area contributed by atoms with Crippen LogP contribution >= 0.6 is 0 Å². The maximum atomic E-state index is 11.4. The van der Waals surface area contributed by atoms with Crippen molar-refractivity contribution in [3.8, 4) is 0 Å². The lowest BCUT2D eigenvalue weighted by molar-refractivity contribution is 0.0458. The fourth-order valence-electron chi connectivity index (χ4n) is 1.72. The van der Waals surface area contributed by atoms with Crippen molar-refractivity contribution in [1.82, 2.24) is 4.90 Å². The Hall–Kier alpha value is -0.770. The minimum atomic E-state index is -0.192. The molecule has 2 N–H and O–H groups in total. The summed E-state index contributed by atoms with van der Waals surface area (Å²) in [6.07, 6.45) is 4.04. The molecule has 0 aliphatic carbocycles. The molecule has 0 aromatic rings. The minimum absolute atomic E-state index is 0.188. The molecule has 1 rings (SSSR count). The summed E-state index contributed by atoms with van der Waals surface area (Å²) in [6.45, 7) is 4.00. The van der Waals surface area contributed by atoms with Crippen LogP contribution in [0.4, 0.5) is 4.79 Å². The minimum Gasteiger partial charge on any atom is -0.449 e. The largest absolute Gasteiger partial charge is 0.449 e. The van der Waals surface area contributed by atoms with Gasteiger partial charge in [0, 0.05) is 19.5 Å². The second-order valence-corrected chi connectivity index (χ2v) is 3.69. The standard InChI is InChI=1S/C10H20N2O2/c1-2-3-4-6-12-9(8-11)5-7-14-10(12)13/h9H,2-8,11H2,1H3. The van der Waals surface area contributed by atoms with Gasteiger partial charge in [-0.1, -0.05) is 19.8 Å². The highest BCUT2D eigenvalue weighted by Gasteiger charge is 2.27. The molecule has 0 radical (unpaired) electrons. The summed E-state index contributed by atoms with van der Waals surface area (Å²) in [5.74, 6) is 0. The van der Waals surface area contributed by atoms with Crippen LogP contribution in [0.1, 0.15) is 32.6 Å². The van der Waals surface area contributed by atoms with Crippen LogP contribution in [0.3, 0.4) is 0 Å². The molecule has 1 aliphatic rings. The Labute approximate surface area is 85.4 Å². The molecular formula is C10H20N2O2. The molecule has 0 spiro atoms. The lowest BCUT2D eigenvalue weighted by Crippen LogP contribution is -2.49. The van der Waals surface area contributed by atoms with Gasteiger partial charge in [-0.05, 0) is 6.42 Å². The second kappa shape index (κ2) is 5.86. The lowest BCUT2D eigenvalue weighted by atomic mass is 10.1. The highest BCUT2D eigenvalue weighted by molar-refractivity contribution is 5.68. The maximum absolute atomic E-state index is 11.4. The van der Waals surface area contributed by atoms with Gasteiger partial charge in [-0.15, -0.1) is 0 Å². The van der Waals surface area contributed by atoms with E-state index in [1.165, 1.54) is 0 Å². The van der Waals surface area contributed by atoms with E-state index in [4.69, 9.17) is 10.5 Å². The van der Waals surface area contributed by atoms with Crippen molar-refractivity contribution in [1.29, 1.82) is 0 Å². The molecule has 14 heavy (non-hydrogen) atoms. The van der Waals surface area contributed by atoms with Crippen LogP contribution in [0.25, 0.3) is 0 Å². The molecule has 1 heterocycles. The molecule has 0 aromatic heterocycles. The number of nitrogens with zero attached hydrogens (tertiary/aromatic N) is 1. The highest BCUT2D eigenvalue weighted by atomic mass is 16.6. The fourth-order valence-corrected chi connectivity index (χ4v) is 1.72. The van der Waals surface area contributed by atoms with Crippen LogP contribution < -0.4 is 5.73 Å². The molecule has 4 heteroatoms. The van der Waals surface area contributed by atoms with Gasteiger partial charge in [-0.2, -0.15) is 0 Å². The van der Waals surface area contributed by atoms with E-state index < -0.39 is 0 Å². The molecule has 1 amide bonds. The van der Waals surface area contributed by atoms with Crippen LogP contribution in [-0.4, -0.2) is 36.7 Å². The maximum Gasteiger partial charge on any atom is 0.410 e. The number of hydrogen-bond donors (Lipinski definition) is 1. The molecular weight excluding hydrogens is 180 g/mol. The third kappa shape index (κ3) is 2.87. The topological polar surface area (TPSA) is 55.6 Å². The Morgan fingerprint density at radius 1 is 1.57 bits per heavy atom. The van der Waals surface area contributed by atoms with Crippen LogP contribution in [0.5, 0.6) is 0 Å². The average molecular weight is 200 g/mol. The van der Waals surface area contributed by atoms with E-state index >= 15 is 0 Å². The number of ether oxygens (including phenoxy) is 1. The molecule has 0 saturated carbocycles. The van der Waals surface area contributed by atoms with Gasteiger partial charge in [0.05, 0.1) is 12.6 Å². The number of carbonyl (C=O) groups excluding carboxylic acids is 1. The number of unbranched alkanes of at least 4 members (excludes halogenated alkanes) is 2. The van der Waals surface area contributed by atoms with E-state index in [0.717, 1.165) is 32.2 Å². The van der Waals surface area contributed by atoms with Gasteiger partial charge in [-0.25, -0.2) is 4.79 Å². The fraction of sp³-hybridized carbons (Fsp3) is 0.900. The third-order valence-electron chi connectivity index (χ3n) is 2.63. The number of amides is 1. The van der Waals surface area contributed by atoms with E-state index in [-0.39, 0.29) is 12.1 Å². The number of rotatable bonds is 5. The van der Waals surface area contributed by atoms with Crippen molar-refractivity contribution in [2.75, 3.05) is 19.7 Å². The van der Waals surface area contributed by atoms with Gasteiger partial charge >= 0.3 is 6.09 Å². The van der Waals surface area contributed by atoms with Crippen molar-refractivity contribution in [3.05, 3.63) is 0 Å². The lowest BCUT2D eigenvalue weighted by Gasteiger charge is -2.34. The molecule has 1 atom stereocenters. The first-order chi connectivity index (χ1) is 6.79. The SMILES string of the molecule is CCCCCN1C(=O)OCCC1CN. The van der Waals surface area contributed by atoms with Crippen molar-refractivity contribution in [2.45, 2.75) is 38.6 Å². The van der Waals surface area contributed by atoms with Gasteiger partial charge in [-0.3, -0.25) is 0 Å². The molecule has 4 nitrogen and oxygen atoms in total. The van der Waals surface area contributed by atoms with Gasteiger partial charge in [0.1, 0.15) is 0 Å². The number of nitrogens with two attached hydrogens (primary N) is 1. The Bertz CT molecular complexity index is 185. The predicted octanol–water partition coefficient (Wildman–Crippen LogP) is 1.35. The Morgan fingerprint density at radius 3 is 3.00 bits per heavy atom. The summed E-state index contributed by atoms with van der Waals surface area (Å²) in [4.78, 5) is 13.2. The van der Waals surface area contributed by atoms with Crippen LogP contribution in [0.2, 0.25) is 0 Å². The molecule has 1 fully saturated rings. The molecule has 1 saturated heterocycles. The Morgan fingerprint density at radius 2 is 2.36 bits per heavy atom. The van der Waals surface area contributed by atoms with Crippen molar-refractivity contribution < 1.29 is 9.53 Å². The van der Waals surface area contributed by atoms with Gasteiger partial charge in [0.25, 0.3) is 0 Å². The highest BCUT2D eigenvalue weighted by Crippen LogP contribution is 2.13. The third-order valence-corrected chi connectivity index (χ3v) is 2.63. The van der Waals surface area contributed by atoms with Crippen LogP contribution in [-0.2, 0) is 4.74 Å². The first kappa shape index (κ1) is 11.3. The van der Waals surface area contributed by atoms with E-state index in [2.05, 4.69) is 6.92 Å². The summed E-state index contributed by atoms with van der Waals surface area (Å²) < 4.78 is 4.98. The molecule has 1 unspecified atom stereocenters. The molecule has 1 aliphatic heterocycles. The van der Waals surface area contributed by atoms with Crippen LogP contribution in [0.15, 0.2) is 0 Å². The summed E-state index contributed by atoms with van der Waals surface area (Å²) in [7, 11) is 0. The smallest absolute Gasteiger partial charge is 0.410 e. The summed E-state index contributed by atoms with van der Waals surface area (Å²) >= 11 is 0. The zero-order chi connectivity index (χ0) is 10.4. The average Bonchev–Trinajstić information content (AvgIpc) is 2.20. The molecule has 0 bridgehead atoms. The summed E-state index contributed by atoms with van der Waals surface area (Å²) in [5, 5.41) is 0. The molecule has 82 valence electrons. The monoisotopic (exact) mass is 200 g/mol. The normalized spacial score (nSPS) is 22.3.